The number of aryl methyl sites for hydroxylation is 3. The molecule has 1 unspecified atom stereocenters. The molecule has 14 nitrogen and oxygen atoms in total. The van der Waals surface area contributed by atoms with Gasteiger partial charge >= 0.3 is 29.9 Å². The van der Waals surface area contributed by atoms with Gasteiger partial charge in [0, 0.05) is 31.3 Å². The number of nitrogens with one attached hydrogen (secondary N) is 4. The molecule has 0 aliphatic heterocycles. The van der Waals surface area contributed by atoms with Gasteiger partial charge in [-0.15, -0.1) is 0 Å². The van der Waals surface area contributed by atoms with Crippen molar-refractivity contribution in [1.29, 1.82) is 0 Å². The first-order valence-electron chi connectivity index (χ1n) is 14.6. The van der Waals surface area contributed by atoms with Crippen molar-refractivity contribution in [1.82, 2.24) is 24.8 Å². The number of aromatic amines is 1. The van der Waals surface area contributed by atoms with E-state index in [0.29, 0.717) is 16.6 Å². The molecule has 254 valence electrons. The number of alkyl carbamates (subject to hydrolysis) is 1. The number of imidazole rings is 1. The molecule has 0 fully saturated rings. The number of anilines is 2. The van der Waals surface area contributed by atoms with E-state index in [2.05, 4.69) is 35.6 Å². The van der Waals surface area contributed by atoms with Crippen molar-refractivity contribution < 1.29 is 41.8 Å². The minimum atomic E-state index is -5.42. The number of esters is 2. The number of rotatable bonds is 12. The van der Waals surface area contributed by atoms with Crippen molar-refractivity contribution in [3.8, 4) is 0 Å². The van der Waals surface area contributed by atoms with Crippen LogP contribution in [0.5, 0.6) is 0 Å². The van der Waals surface area contributed by atoms with E-state index in [1.807, 2.05) is 26.0 Å². The number of fused-ring (bicyclic) bond motifs is 1. The molecule has 17 heteroatoms. The molecule has 2 aromatic carbocycles. The molecule has 0 saturated carbocycles. The fourth-order valence-electron chi connectivity index (χ4n) is 4.46. The maximum atomic E-state index is 12.8. The maximum Gasteiger partial charge on any atom is 0.491 e. The van der Waals surface area contributed by atoms with Crippen molar-refractivity contribution in [3.05, 3.63) is 81.4 Å². The normalized spacial score (nSPS) is 11.9. The molecule has 0 aliphatic carbocycles. The predicted molar refractivity (Wildman–Crippen MR) is 166 cm³/mol. The third-order valence-corrected chi connectivity index (χ3v) is 6.98. The van der Waals surface area contributed by atoms with Gasteiger partial charge in [-0.25, -0.2) is 19.4 Å². The zero-order valence-electron chi connectivity index (χ0n) is 26.1. The molecule has 0 aliphatic rings. The summed E-state index contributed by atoms with van der Waals surface area (Å²) >= 11 is 0. The Bertz CT molecular complexity index is 1840. The Balaban J connectivity index is 1.37. The second-order valence-corrected chi connectivity index (χ2v) is 10.8. The lowest BCUT2D eigenvalue weighted by Crippen LogP contribution is -2.43. The van der Waals surface area contributed by atoms with E-state index in [4.69, 9.17) is 4.74 Å². The summed E-state index contributed by atoms with van der Waals surface area (Å²) in [5.74, 6) is -4.23. The molecule has 2 aromatic heterocycles. The Hall–Kier alpha value is -5.74. The monoisotopic (exact) mass is 671 g/mol. The molecule has 0 saturated heterocycles. The zero-order valence-corrected chi connectivity index (χ0v) is 26.1. The summed E-state index contributed by atoms with van der Waals surface area (Å²) in [5.41, 5.74) is 3.85. The van der Waals surface area contributed by atoms with Gasteiger partial charge in [-0.2, -0.15) is 18.2 Å². The van der Waals surface area contributed by atoms with Gasteiger partial charge in [0.15, 0.2) is 0 Å². The lowest BCUT2D eigenvalue weighted by molar-refractivity contribution is -0.202. The minimum Gasteiger partial charge on any atom is -0.445 e. The number of hydrogen-bond donors (Lipinski definition) is 4. The van der Waals surface area contributed by atoms with E-state index >= 15 is 0 Å². The fourth-order valence-corrected chi connectivity index (χ4v) is 4.46. The molecule has 4 N–H and O–H groups in total. The maximum absolute atomic E-state index is 12.8. The number of ether oxygens (including phenoxy) is 2. The van der Waals surface area contributed by atoms with Crippen LogP contribution in [-0.4, -0.2) is 62.2 Å². The first kappa shape index (κ1) is 35.1. The Labute approximate surface area is 271 Å². The van der Waals surface area contributed by atoms with Gasteiger partial charge in [-0.3, -0.25) is 19.5 Å². The van der Waals surface area contributed by atoms with Crippen molar-refractivity contribution in [2.45, 2.75) is 59.0 Å². The Kier molecular flexibility index (Phi) is 11.1. The lowest BCUT2D eigenvalue weighted by Gasteiger charge is -2.20. The van der Waals surface area contributed by atoms with Gasteiger partial charge in [0.25, 0.3) is 0 Å². The molecule has 4 aromatic rings. The summed E-state index contributed by atoms with van der Waals surface area (Å²) in [6.45, 7) is 5.02. The summed E-state index contributed by atoms with van der Waals surface area (Å²) in [7, 11) is 0. The van der Waals surface area contributed by atoms with Crippen molar-refractivity contribution in [2.75, 3.05) is 17.2 Å². The van der Waals surface area contributed by atoms with Crippen LogP contribution in [0, 0.1) is 20.8 Å². The van der Waals surface area contributed by atoms with E-state index in [-0.39, 0.29) is 37.2 Å². The highest BCUT2D eigenvalue weighted by Gasteiger charge is 2.42. The number of halogens is 3. The quantitative estimate of drug-likeness (QED) is 0.128. The van der Waals surface area contributed by atoms with Crippen LogP contribution in [0.3, 0.4) is 0 Å². The van der Waals surface area contributed by atoms with Crippen LogP contribution in [0.25, 0.3) is 11.0 Å². The number of aromatic nitrogens is 4. The largest absolute Gasteiger partial charge is 0.491 e. The SMILES string of the molecule is Cc1cc2nc(NC(=O)CCNc3nc(=O)n(CC(CC(=O)OC(=O)C(F)(F)F)NC(=O)OCc4ccccc4)cc3C)[nH]c2cc1C. The highest BCUT2D eigenvalue weighted by Crippen LogP contribution is 2.20. The average molecular weight is 672 g/mol. The van der Waals surface area contributed by atoms with Gasteiger partial charge in [0.1, 0.15) is 12.4 Å². The van der Waals surface area contributed by atoms with Crippen LogP contribution < -0.4 is 21.6 Å². The van der Waals surface area contributed by atoms with Crippen LogP contribution >= 0.6 is 0 Å². The van der Waals surface area contributed by atoms with E-state index < -0.39 is 48.9 Å². The molecule has 0 spiro atoms. The number of nitrogens with zero attached hydrogens (tertiary/aromatic N) is 3. The van der Waals surface area contributed by atoms with E-state index in [0.717, 1.165) is 21.2 Å². The Morgan fingerprint density at radius 3 is 2.42 bits per heavy atom. The molecular weight excluding hydrogens is 639 g/mol. The number of H-pyrrole nitrogens is 1. The van der Waals surface area contributed by atoms with E-state index in [1.54, 1.807) is 37.3 Å². The molecule has 1 atom stereocenters. The predicted octanol–water partition coefficient (Wildman–Crippen LogP) is 3.80. The molecule has 2 amide bonds. The third-order valence-electron chi connectivity index (χ3n) is 6.98. The summed E-state index contributed by atoms with van der Waals surface area (Å²) in [6, 6.07) is 11.1. The minimum absolute atomic E-state index is 0.00481. The Morgan fingerprint density at radius 1 is 1.00 bits per heavy atom. The highest BCUT2D eigenvalue weighted by atomic mass is 19.4. The second-order valence-electron chi connectivity index (χ2n) is 10.8. The van der Waals surface area contributed by atoms with Crippen molar-refractivity contribution >= 4 is 46.7 Å². The van der Waals surface area contributed by atoms with Crippen LogP contribution in [-0.2, 0) is 37.0 Å². The van der Waals surface area contributed by atoms with Crippen molar-refractivity contribution in [3.63, 3.8) is 0 Å². The van der Waals surface area contributed by atoms with Crippen LogP contribution in [0.4, 0.5) is 29.7 Å². The molecule has 48 heavy (non-hydrogen) atoms. The number of carbonyl (C=O) groups is 4. The topological polar surface area (TPSA) is 186 Å². The number of hydrogen-bond acceptors (Lipinski definition) is 10. The van der Waals surface area contributed by atoms with Crippen LogP contribution in [0.1, 0.15) is 35.1 Å². The van der Waals surface area contributed by atoms with E-state index in [9.17, 15) is 37.1 Å². The summed E-state index contributed by atoms with van der Waals surface area (Å²) in [4.78, 5) is 72.5. The first-order valence-corrected chi connectivity index (χ1v) is 14.6. The standard InChI is InChI=1S/C31H32F3N7O7/c1-17-11-22-23(12-18(17)2)38-28(37-22)39-24(42)9-10-35-26-19(3)14-41(29(45)40-26)15-21(13-25(43)48-27(44)31(32,33)34)36-30(46)47-16-20-7-5-4-6-8-20/h4-8,11-12,14,21H,9-10,13,15-16H2,1-3H3,(H,36,46)(H,35,40,45)(H2,37,38,39,42). The van der Waals surface area contributed by atoms with Gasteiger partial charge in [0.05, 0.1) is 23.5 Å². The molecular formula is C31H32F3N7O7. The van der Waals surface area contributed by atoms with Gasteiger partial charge in [-0.05, 0) is 49.6 Å². The fraction of sp³-hybridized carbons (Fsp3) is 0.323. The van der Waals surface area contributed by atoms with E-state index in [1.165, 1.54) is 6.20 Å². The highest BCUT2D eigenvalue weighted by molar-refractivity contribution is 5.91. The number of amides is 2. The van der Waals surface area contributed by atoms with Gasteiger partial charge < -0.3 is 25.1 Å². The van der Waals surface area contributed by atoms with Crippen molar-refractivity contribution in [2.24, 2.45) is 0 Å². The molecule has 2 heterocycles. The van der Waals surface area contributed by atoms with Crippen LogP contribution in [0.2, 0.25) is 0 Å². The average Bonchev–Trinajstić information content (AvgIpc) is 3.38. The van der Waals surface area contributed by atoms with Gasteiger partial charge in [-0.1, -0.05) is 30.3 Å². The Morgan fingerprint density at radius 2 is 1.71 bits per heavy atom. The summed E-state index contributed by atoms with van der Waals surface area (Å²) in [6.07, 6.45) is -6.03. The molecule has 4 rings (SSSR count). The zero-order chi connectivity index (χ0) is 35.0. The smallest absolute Gasteiger partial charge is 0.445 e. The van der Waals surface area contributed by atoms with Gasteiger partial charge in [0.2, 0.25) is 11.9 Å². The second kappa shape index (κ2) is 15.2. The lowest BCUT2D eigenvalue weighted by atomic mass is 10.1. The molecule has 0 bridgehead atoms. The third kappa shape index (κ3) is 9.88. The summed E-state index contributed by atoms with van der Waals surface area (Å²) < 4.78 is 47.7. The van der Waals surface area contributed by atoms with Crippen LogP contribution in [0.15, 0.2) is 53.5 Å². The number of carbonyl (C=O) groups excluding carboxylic acids is 4. The summed E-state index contributed by atoms with van der Waals surface area (Å²) in [5, 5.41) is 7.90. The first-order chi connectivity index (χ1) is 22.7. The number of benzene rings is 2. The number of alkyl halides is 3. The molecule has 0 radical (unpaired) electrons.